The van der Waals surface area contributed by atoms with Gasteiger partial charge >= 0.3 is 0 Å². The van der Waals surface area contributed by atoms with Crippen molar-refractivity contribution >= 4 is 5.91 Å². The normalized spacial score (nSPS) is 26.5. The number of hydrogen-bond donors (Lipinski definition) is 2. The van der Waals surface area contributed by atoms with Crippen molar-refractivity contribution in [2.24, 2.45) is 5.92 Å². The summed E-state index contributed by atoms with van der Waals surface area (Å²) in [6, 6.07) is 10.5. The molecular weight excluding hydrogens is 316 g/mol. The van der Waals surface area contributed by atoms with Gasteiger partial charge in [-0.15, -0.1) is 0 Å². The monoisotopic (exact) mass is 346 g/mol. The first-order valence-corrected chi connectivity index (χ1v) is 9.36. The van der Waals surface area contributed by atoms with E-state index in [0.717, 1.165) is 25.9 Å². The Morgan fingerprint density at radius 1 is 1.28 bits per heavy atom. The van der Waals surface area contributed by atoms with Crippen molar-refractivity contribution in [1.82, 2.24) is 10.2 Å². The molecule has 2 fully saturated rings. The topological polar surface area (TPSA) is 61.8 Å². The number of carbonyl (C=O) groups excluding carboxylic acids is 1. The molecule has 1 atom stereocenters. The van der Waals surface area contributed by atoms with Crippen molar-refractivity contribution in [3.05, 3.63) is 35.9 Å². The molecule has 1 aliphatic heterocycles. The smallest absolute Gasteiger partial charge is 0.220 e. The highest BCUT2D eigenvalue weighted by atomic mass is 16.5. The highest BCUT2D eigenvalue weighted by molar-refractivity contribution is 5.76. The first kappa shape index (κ1) is 18.4. The summed E-state index contributed by atoms with van der Waals surface area (Å²) in [6.45, 7) is 5.77. The molecule has 138 valence electrons. The van der Waals surface area contributed by atoms with Crippen LogP contribution in [0.4, 0.5) is 0 Å². The molecule has 1 saturated carbocycles. The highest BCUT2D eigenvalue weighted by Crippen LogP contribution is 2.43. The molecule has 1 saturated heterocycles. The van der Waals surface area contributed by atoms with E-state index in [2.05, 4.69) is 34.5 Å². The van der Waals surface area contributed by atoms with E-state index in [9.17, 15) is 9.90 Å². The van der Waals surface area contributed by atoms with Gasteiger partial charge in [0, 0.05) is 32.6 Å². The second-order valence-electron chi connectivity index (χ2n) is 7.81. The molecule has 1 aromatic rings. The number of nitrogens with one attached hydrogen (secondary N) is 1. The minimum atomic E-state index is -0.904. The van der Waals surface area contributed by atoms with E-state index in [1.54, 1.807) is 6.92 Å². The van der Waals surface area contributed by atoms with Gasteiger partial charge in [-0.2, -0.15) is 0 Å². The van der Waals surface area contributed by atoms with Gasteiger partial charge in [-0.25, -0.2) is 0 Å². The number of β-amino-alcohol motifs (C(OH)–C–C–N with tert-alkyl or cyclic N) is 1. The van der Waals surface area contributed by atoms with E-state index in [4.69, 9.17) is 4.74 Å². The molecule has 0 aromatic heterocycles. The van der Waals surface area contributed by atoms with Crippen LogP contribution in [0.1, 0.15) is 37.7 Å². The van der Waals surface area contributed by atoms with Crippen molar-refractivity contribution < 1.29 is 14.6 Å². The third-order valence-electron chi connectivity index (χ3n) is 5.32. The summed E-state index contributed by atoms with van der Waals surface area (Å²) in [4.78, 5) is 14.4. The zero-order chi connectivity index (χ0) is 17.7. The predicted octanol–water partition coefficient (Wildman–Crippen LogP) is 1.77. The Morgan fingerprint density at radius 3 is 2.64 bits per heavy atom. The number of carbonyl (C=O) groups is 1. The van der Waals surface area contributed by atoms with Crippen molar-refractivity contribution in [1.29, 1.82) is 0 Å². The van der Waals surface area contributed by atoms with Crippen LogP contribution in [-0.4, -0.2) is 60.9 Å². The van der Waals surface area contributed by atoms with Gasteiger partial charge in [0.2, 0.25) is 5.91 Å². The number of aliphatic hydroxyl groups is 1. The summed E-state index contributed by atoms with van der Waals surface area (Å²) in [5, 5.41) is 13.4. The van der Waals surface area contributed by atoms with Crippen LogP contribution in [0.2, 0.25) is 0 Å². The van der Waals surface area contributed by atoms with Gasteiger partial charge in [-0.1, -0.05) is 30.3 Å². The molecule has 0 spiro atoms. The second-order valence-corrected chi connectivity index (χ2v) is 7.81. The zero-order valence-corrected chi connectivity index (χ0v) is 15.1. The van der Waals surface area contributed by atoms with Crippen LogP contribution < -0.4 is 5.32 Å². The standard InChI is InChI=1S/C20H30N2O3/c1-20(24,15-22-7-9-25-10-8-22)14-21-19(23)13-16-11-18(12-16)17-5-3-2-4-6-17/h2-6,16,18,24H,7-15H2,1H3,(H,21,23)/t16?,18?,20-/m1/s1. The Bertz CT molecular complexity index is 549. The number of benzene rings is 1. The van der Waals surface area contributed by atoms with Gasteiger partial charge in [0.1, 0.15) is 0 Å². The molecule has 0 unspecified atom stereocenters. The number of hydrogen-bond acceptors (Lipinski definition) is 4. The largest absolute Gasteiger partial charge is 0.387 e. The van der Waals surface area contributed by atoms with E-state index in [1.165, 1.54) is 5.56 Å². The van der Waals surface area contributed by atoms with Gasteiger partial charge in [0.25, 0.3) is 0 Å². The molecule has 25 heavy (non-hydrogen) atoms. The Kier molecular flexibility index (Phi) is 6.10. The summed E-state index contributed by atoms with van der Waals surface area (Å²) in [7, 11) is 0. The van der Waals surface area contributed by atoms with Gasteiger partial charge in [-0.05, 0) is 37.2 Å². The number of ether oxygens (including phenoxy) is 1. The van der Waals surface area contributed by atoms with Crippen molar-refractivity contribution in [2.45, 2.75) is 37.7 Å². The minimum absolute atomic E-state index is 0.0544. The molecule has 0 bridgehead atoms. The van der Waals surface area contributed by atoms with Crippen LogP contribution in [-0.2, 0) is 9.53 Å². The average molecular weight is 346 g/mol. The fraction of sp³-hybridized carbons (Fsp3) is 0.650. The van der Waals surface area contributed by atoms with E-state index in [1.807, 2.05) is 6.07 Å². The Morgan fingerprint density at radius 2 is 1.96 bits per heavy atom. The molecular formula is C20H30N2O3. The molecule has 1 aliphatic carbocycles. The first-order chi connectivity index (χ1) is 12.0. The van der Waals surface area contributed by atoms with Gasteiger partial charge in [0.15, 0.2) is 0 Å². The molecule has 0 radical (unpaired) electrons. The van der Waals surface area contributed by atoms with E-state index in [-0.39, 0.29) is 5.91 Å². The van der Waals surface area contributed by atoms with Crippen LogP contribution in [0.5, 0.6) is 0 Å². The Labute approximate surface area is 150 Å². The number of amides is 1. The quantitative estimate of drug-likeness (QED) is 0.790. The maximum Gasteiger partial charge on any atom is 0.220 e. The summed E-state index contributed by atoms with van der Waals surface area (Å²) in [6.07, 6.45) is 2.74. The number of morpholine rings is 1. The zero-order valence-electron chi connectivity index (χ0n) is 15.1. The lowest BCUT2D eigenvalue weighted by atomic mass is 9.70. The Balaban J connectivity index is 1.34. The second kappa shape index (κ2) is 8.30. The third kappa shape index (κ3) is 5.53. The van der Waals surface area contributed by atoms with Gasteiger partial charge in [0.05, 0.1) is 18.8 Å². The molecule has 5 heteroatoms. The van der Waals surface area contributed by atoms with E-state index >= 15 is 0 Å². The highest BCUT2D eigenvalue weighted by Gasteiger charge is 2.32. The van der Waals surface area contributed by atoms with E-state index in [0.29, 0.717) is 44.6 Å². The lowest BCUT2D eigenvalue weighted by Gasteiger charge is -2.36. The van der Waals surface area contributed by atoms with Crippen LogP contribution in [0.3, 0.4) is 0 Å². The fourth-order valence-electron chi connectivity index (χ4n) is 3.82. The Hall–Kier alpha value is -1.43. The van der Waals surface area contributed by atoms with Crippen LogP contribution in [0.15, 0.2) is 30.3 Å². The molecule has 1 heterocycles. The first-order valence-electron chi connectivity index (χ1n) is 9.36. The summed E-state index contributed by atoms with van der Waals surface area (Å²) in [5.74, 6) is 1.12. The molecule has 1 amide bonds. The van der Waals surface area contributed by atoms with Gasteiger partial charge < -0.3 is 15.2 Å². The fourth-order valence-corrected chi connectivity index (χ4v) is 3.82. The summed E-state index contributed by atoms with van der Waals surface area (Å²) < 4.78 is 5.32. The summed E-state index contributed by atoms with van der Waals surface area (Å²) in [5.41, 5.74) is 0.478. The summed E-state index contributed by atoms with van der Waals surface area (Å²) >= 11 is 0. The number of rotatable bonds is 7. The third-order valence-corrected chi connectivity index (χ3v) is 5.32. The predicted molar refractivity (Wildman–Crippen MR) is 97.4 cm³/mol. The average Bonchev–Trinajstić information content (AvgIpc) is 2.57. The van der Waals surface area contributed by atoms with Gasteiger partial charge in [-0.3, -0.25) is 9.69 Å². The maximum atomic E-state index is 12.2. The van der Waals surface area contributed by atoms with Crippen molar-refractivity contribution in [3.8, 4) is 0 Å². The molecule has 3 rings (SSSR count). The van der Waals surface area contributed by atoms with Crippen LogP contribution in [0.25, 0.3) is 0 Å². The lowest BCUT2D eigenvalue weighted by molar-refractivity contribution is -0.124. The lowest BCUT2D eigenvalue weighted by Crippen LogP contribution is -2.51. The molecule has 5 nitrogen and oxygen atoms in total. The minimum Gasteiger partial charge on any atom is -0.387 e. The maximum absolute atomic E-state index is 12.2. The molecule has 2 aliphatic rings. The molecule has 1 aromatic carbocycles. The van der Waals surface area contributed by atoms with Crippen molar-refractivity contribution in [3.63, 3.8) is 0 Å². The SMILES string of the molecule is C[C@@](O)(CNC(=O)CC1CC(c2ccccc2)C1)CN1CCOCC1. The van der Waals surface area contributed by atoms with Crippen molar-refractivity contribution in [2.75, 3.05) is 39.4 Å². The number of nitrogens with zero attached hydrogens (tertiary/aromatic N) is 1. The van der Waals surface area contributed by atoms with Crippen LogP contribution >= 0.6 is 0 Å². The van der Waals surface area contributed by atoms with Crippen LogP contribution in [0, 0.1) is 5.92 Å². The van der Waals surface area contributed by atoms with E-state index < -0.39 is 5.60 Å². The molecule has 2 N–H and O–H groups in total.